The summed E-state index contributed by atoms with van der Waals surface area (Å²) in [7, 11) is 0. The normalized spacial score (nSPS) is 10.2. The van der Waals surface area contributed by atoms with Gasteiger partial charge in [-0.3, -0.25) is 0 Å². The van der Waals surface area contributed by atoms with Crippen LogP contribution >= 0.6 is 15.9 Å². The van der Waals surface area contributed by atoms with Crippen LogP contribution < -0.4 is 5.32 Å². The summed E-state index contributed by atoms with van der Waals surface area (Å²) in [6.07, 6.45) is 4.02. The molecule has 0 bridgehead atoms. The fraction of sp³-hybridized carbons (Fsp3) is 0.214. The molecule has 0 aliphatic carbocycles. The second-order valence-electron chi connectivity index (χ2n) is 3.88. The number of nitrogens with one attached hydrogen (secondary N) is 1. The number of halogens is 1. The minimum absolute atomic E-state index is 0.932. The predicted octanol–water partition coefficient (Wildman–Crippen LogP) is 3.89. The summed E-state index contributed by atoms with van der Waals surface area (Å²) in [5, 5.41) is 3.31. The van der Waals surface area contributed by atoms with E-state index in [9.17, 15) is 0 Å². The summed E-state index contributed by atoms with van der Waals surface area (Å²) in [6.45, 7) is 0.948. The summed E-state index contributed by atoms with van der Waals surface area (Å²) < 4.78 is 1.01. The lowest BCUT2D eigenvalue weighted by molar-refractivity contribution is 0.859. The fourth-order valence-corrected chi connectivity index (χ4v) is 1.87. The van der Waals surface area contributed by atoms with Gasteiger partial charge in [-0.15, -0.1) is 0 Å². The first-order valence-corrected chi connectivity index (χ1v) is 6.53. The lowest BCUT2D eigenvalue weighted by atomic mass is 10.1. The fourth-order valence-electron chi connectivity index (χ4n) is 1.63. The summed E-state index contributed by atoms with van der Waals surface area (Å²) in [4.78, 5) is 4.26. The van der Waals surface area contributed by atoms with Gasteiger partial charge in [-0.1, -0.05) is 30.3 Å². The molecule has 0 saturated carbocycles. The average molecular weight is 291 g/mol. The van der Waals surface area contributed by atoms with Crippen molar-refractivity contribution in [1.82, 2.24) is 4.98 Å². The first kappa shape index (κ1) is 12.1. The molecule has 1 N–H and O–H groups in total. The molecule has 0 aliphatic rings. The second kappa shape index (κ2) is 6.40. The van der Waals surface area contributed by atoms with Gasteiger partial charge in [0.15, 0.2) is 0 Å². The van der Waals surface area contributed by atoms with Gasteiger partial charge in [0.1, 0.15) is 5.82 Å². The molecule has 2 aromatic rings. The van der Waals surface area contributed by atoms with Gasteiger partial charge in [0, 0.05) is 17.2 Å². The van der Waals surface area contributed by atoms with Crippen molar-refractivity contribution in [3.05, 3.63) is 58.7 Å². The standard InChI is InChI=1S/C14H15BrN2/c15-13-8-9-14(17-11-13)16-10-4-7-12-5-2-1-3-6-12/h1-3,5-6,8-9,11H,4,7,10H2,(H,16,17). The molecule has 88 valence electrons. The van der Waals surface area contributed by atoms with Crippen LogP contribution in [-0.2, 0) is 6.42 Å². The molecule has 2 nitrogen and oxygen atoms in total. The highest BCUT2D eigenvalue weighted by Crippen LogP contribution is 2.10. The Balaban J connectivity index is 1.71. The average Bonchev–Trinajstić information content (AvgIpc) is 2.38. The Morgan fingerprint density at radius 2 is 1.88 bits per heavy atom. The highest BCUT2D eigenvalue weighted by atomic mass is 79.9. The first-order chi connectivity index (χ1) is 8.34. The van der Waals surface area contributed by atoms with E-state index in [1.165, 1.54) is 5.56 Å². The molecule has 1 aromatic carbocycles. The molecule has 0 fully saturated rings. The molecule has 0 saturated heterocycles. The van der Waals surface area contributed by atoms with E-state index in [-0.39, 0.29) is 0 Å². The summed E-state index contributed by atoms with van der Waals surface area (Å²) >= 11 is 3.37. The van der Waals surface area contributed by atoms with E-state index < -0.39 is 0 Å². The molecule has 0 amide bonds. The van der Waals surface area contributed by atoms with Crippen LogP contribution in [0.5, 0.6) is 0 Å². The summed E-state index contributed by atoms with van der Waals surface area (Å²) in [5.74, 6) is 0.932. The van der Waals surface area contributed by atoms with E-state index in [4.69, 9.17) is 0 Å². The molecule has 0 unspecified atom stereocenters. The molecule has 1 aromatic heterocycles. The topological polar surface area (TPSA) is 24.9 Å². The largest absolute Gasteiger partial charge is 0.370 e. The molecule has 0 spiro atoms. The van der Waals surface area contributed by atoms with Crippen molar-refractivity contribution in [3.8, 4) is 0 Å². The Labute approximate surface area is 110 Å². The lowest BCUT2D eigenvalue weighted by Crippen LogP contribution is -2.04. The van der Waals surface area contributed by atoms with Crippen LogP contribution in [-0.4, -0.2) is 11.5 Å². The number of nitrogens with zero attached hydrogens (tertiary/aromatic N) is 1. The van der Waals surface area contributed by atoms with Crippen molar-refractivity contribution in [3.63, 3.8) is 0 Å². The van der Waals surface area contributed by atoms with E-state index in [1.807, 2.05) is 18.2 Å². The maximum absolute atomic E-state index is 4.26. The van der Waals surface area contributed by atoms with Crippen molar-refractivity contribution in [2.24, 2.45) is 0 Å². The van der Waals surface area contributed by atoms with E-state index in [0.29, 0.717) is 0 Å². The van der Waals surface area contributed by atoms with Gasteiger partial charge in [0.25, 0.3) is 0 Å². The molecule has 2 rings (SSSR count). The number of aryl methyl sites for hydroxylation is 1. The zero-order valence-electron chi connectivity index (χ0n) is 9.57. The van der Waals surface area contributed by atoms with Gasteiger partial charge in [-0.25, -0.2) is 4.98 Å². The quantitative estimate of drug-likeness (QED) is 0.845. The number of aromatic nitrogens is 1. The van der Waals surface area contributed by atoms with Gasteiger partial charge in [0.05, 0.1) is 0 Å². The van der Waals surface area contributed by atoms with Crippen molar-refractivity contribution >= 4 is 21.7 Å². The number of hydrogen-bond acceptors (Lipinski definition) is 2. The van der Waals surface area contributed by atoms with Crippen molar-refractivity contribution in [1.29, 1.82) is 0 Å². The van der Waals surface area contributed by atoms with Gasteiger partial charge < -0.3 is 5.32 Å². The molecule has 0 atom stereocenters. The van der Waals surface area contributed by atoms with Crippen LogP contribution in [0.1, 0.15) is 12.0 Å². The zero-order chi connectivity index (χ0) is 11.9. The lowest BCUT2D eigenvalue weighted by Gasteiger charge is -2.05. The summed E-state index contributed by atoms with van der Waals surface area (Å²) in [6, 6.07) is 14.5. The van der Waals surface area contributed by atoms with E-state index in [1.54, 1.807) is 6.20 Å². The van der Waals surface area contributed by atoms with Gasteiger partial charge >= 0.3 is 0 Å². The van der Waals surface area contributed by atoms with E-state index in [0.717, 1.165) is 29.7 Å². The van der Waals surface area contributed by atoms with Crippen LogP contribution in [0.15, 0.2) is 53.1 Å². The number of anilines is 1. The minimum Gasteiger partial charge on any atom is -0.370 e. The Morgan fingerprint density at radius 3 is 2.59 bits per heavy atom. The van der Waals surface area contributed by atoms with Crippen molar-refractivity contribution in [2.45, 2.75) is 12.8 Å². The third kappa shape index (κ3) is 4.19. The molecule has 0 aliphatic heterocycles. The van der Waals surface area contributed by atoms with E-state index in [2.05, 4.69) is 50.5 Å². The number of benzene rings is 1. The molecule has 3 heteroatoms. The third-order valence-electron chi connectivity index (χ3n) is 2.52. The molecule has 17 heavy (non-hydrogen) atoms. The first-order valence-electron chi connectivity index (χ1n) is 5.74. The maximum Gasteiger partial charge on any atom is 0.125 e. The Kier molecular flexibility index (Phi) is 4.56. The van der Waals surface area contributed by atoms with Crippen molar-refractivity contribution < 1.29 is 0 Å². The van der Waals surface area contributed by atoms with Crippen LogP contribution in [0.4, 0.5) is 5.82 Å². The highest BCUT2D eigenvalue weighted by Gasteiger charge is 1.94. The van der Waals surface area contributed by atoms with Crippen LogP contribution in [0.3, 0.4) is 0 Å². The number of pyridine rings is 1. The highest BCUT2D eigenvalue weighted by molar-refractivity contribution is 9.10. The van der Waals surface area contributed by atoms with E-state index >= 15 is 0 Å². The zero-order valence-corrected chi connectivity index (χ0v) is 11.2. The van der Waals surface area contributed by atoms with Crippen LogP contribution in [0.25, 0.3) is 0 Å². The van der Waals surface area contributed by atoms with Crippen molar-refractivity contribution in [2.75, 3.05) is 11.9 Å². The SMILES string of the molecule is Brc1ccc(NCCCc2ccccc2)nc1. The number of rotatable bonds is 5. The third-order valence-corrected chi connectivity index (χ3v) is 2.99. The molecule has 0 radical (unpaired) electrons. The monoisotopic (exact) mass is 290 g/mol. The van der Waals surface area contributed by atoms with Gasteiger partial charge in [-0.05, 0) is 46.5 Å². The second-order valence-corrected chi connectivity index (χ2v) is 4.79. The Bertz CT molecular complexity index is 440. The van der Waals surface area contributed by atoms with Crippen LogP contribution in [0.2, 0.25) is 0 Å². The maximum atomic E-state index is 4.26. The molecular formula is C14H15BrN2. The Hall–Kier alpha value is -1.35. The smallest absolute Gasteiger partial charge is 0.125 e. The summed E-state index contributed by atoms with van der Waals surface area (Å²) in [5.41, 5.74) is 1.39. The Morgan fingerprint density at radius 1 is 1.06 bits per heavy atom. The molecule has 1 heterocycles. The van der Waals surface area contributed by atoms with Gasteiger partial charge in [-0.2, -0.15) is 0 Å². The predicted molar refractivity (Wildman–Crippen MR) is 75.2 cm³/mol. The number of hydrogen-bond donors (Lipinski definition) is 1. The molecular weight excluding hydrogens is 276 g/mol. The van der Waals surface area contributed by atoms with Gasteiger partial charge in [0.2, 0.25) is 0 Å². The van der Waals surface area contributed by atoms with Crippen LogP contribution in [0, 0.1) is 0 Å². The minimum atomic E-state index is 0.932.